The van der Waals surface area contributed by atoms with Gasteiger partial charge in [-0.05, 0) is 128 Å². The highest BCUT2D eigenvalue weighted by Gasteiger charge is 2.27. The maximum absolute atomic E-state index is 12.9. The number of nitrogens with zero attached hydrogens (tertiary/aromatic N) is 1. The van der Waals surface area contributed by atoms with Crippen molar-refractivity contribution in [2.45, 2.75) is 315 Å². The fraction of sp³-hybridized carbons (Fsp3) is 0.651. The number of hydrogen-bond donors (Lipinski definition) is 1. The van der Waals surface area contributed by atoms with Crippen molar-refractivity contribution in [3.05, 3.63) is 170 Å². The highest BCUT2D eigenvalue weighted by Crippen LogP contribution is 2.43. The van der Waals surface area contributed by atoms with Gasteiger partial charge in [0, 0.05) is 12.8 Å². The zero-order chi connectivity index (χ0) is 69.7. The van der Waals surface area contributed by atoms with Gasteiger partial charge in [-0.1, -0.05) is 338 Å². The van der Waals surface area contributed by atoms with E-state index in [9.17, 15) is 19.0 Å². The van der Waals surface area contributed by atoms with Gasteiger partial charge < -0.3 is 18.9 Å². The zero-order valence-corrected chi connectivity index (χ0v) is 63.2. The van der Waals surface area contributed by atoms with E-state index in [1.807, 2.05) is 21.1 Å². The third kappa shape index (κ3) is 78.4. The van der Waals surface area contributed by atoms with E-state index >= 15 is 0 Å². The average Bonchev–Trinajstić information content (AvgIpc) is 1.98. The van der Waals surface area contributed by atoms with Crippen molar-refractivity contribution in [2.24, 2.45) is 0 Å². The van der Waals surface area contributed by atoms with E-state index in [1.165, 1.54) is 148 Å². The van der Waals surface area contributed by atoms with E-state index < -0.39 is 26.5 Å². The van der Waals surface area contributed by atoms with Gasteiger partial charge in [0.2, 0.25) is 0 Å². The topological polar surface area (TPSA) is 108 Å². The van der Waals surface area contributed by atoms with Crippen LogP contribution in [-0.4, -0.2) is 74.9 Å². The molecule has 2 unspecified atom stereocenters. The molecule has 0 aromatic heterocycles. The highest BCUT2D eigenvalue weighted by atomic mass is 31.2. The van der Waals surface area contributed by atoms with Crippen LogP contribution in [0.4, 0.5) is 0 Å². The maximum Gasteiger partial charge on any atom is 0.472 e. The minimum atomic E-state index is -4.40. The third-order valence-electron chi connectivity index (χ3n) is 16.2. The summed E-state index contributed by atoms with van der Waals surface area (Å²) in [5, 5.41) is 0. The van der Waals surface area contributed by atoms with Crippen LogP contribution in [0.15, 0.2) is 170 Å². The molecule has 0 amide bonds. The molecule has 96 heavy (non-hydrogen) atoms. The van der Waals surface area contributed by atoms with Crippen LogP contribution in [0.3, 0.4) is 0 Å². The maximum atomic E-state index is 12.9. The quantitative estimate of drug-likeness (QED) is 0.0211. The summed E-state index contributed by atoms with van der Waals surface area (Å²) in [6.45, 7) is 4.22. The number of unbranched alkanes of at least 4 members (excludes halogenated alkanes) is 28. The lowest BCUT2D eigenvalue weighted by atomic mass is 10.0. The molecule has 546 valence electrons. The fourth-order valence-electron chi connectivity index (χ4n) is 10.4. The number of quaternary nitrogens is 1. The van der Waals surface area contributed by atoms with E-state index in [2.05, 4.69) is 184 Å². The lowest BCUT2D eigenvalue weighted by molar-refractivity contribution is -0.870. The molecule has 0 aliphatic heterocycles. The van der Waals surface area contributed by atoms with E-state index in [-0.39, 0.29) is 32.0 Å². The van der Waals surface area contributed by atoms with Gasteiger partial charge in [0.25, 0.3) is 0 Å². The normalized spacial score (nSPS) is 14.0. The molecule has 0 saturated heterocycles. The number of esters is 2. The number of allylic oxidation sites excluding steroid dienone is 28. The van der Waals surface area contributed by atoms with Gasteiger partial charge in [-0.15, -0.1) is 0 Å². The summed E-state index contributed by atoms with van der Waals surface area (Å²) in [6, 6.07) is 0. The number of carbonyl (C=O) groups excluding carboxylic acids is 2. The number of rotatable bonds is 70. The average molecular weight is 1350 g/mol. The molecular formula is C86H145NO8P+. The van der Waals surface area contributed by atoms with Crippen LogP contribution in [-0.2, 0) is 32.7 Å². The van der Waals surface area contributed by atoms with Crippen LogP contribution in [0.1, 0.15) is 309 Å². The molecule has 0 saturated carbocycles. The van der Waals surface area contributed by atoms with E-state index in [1.54, 1.807) is 0 Å². The summed E-state index contributed by atoms with van der Waals surface area (Å²) in [6.07, 6.45) is 113. The fourth-order valence-corrected chi connectivity index (χ4v) is 11.1. The molecule has 0 spiro atoms. The zero-order valence-electron chi connectivity index (χ0n) is 62.3. The molecule has 0 aliphatic rings. The Hall–Kier alpha value is -4.63. The SMILES string of the molecule is CC/C=C\C/C=C\C/C=C\C/C=C\C/C=C\C/C=C\C/C=C\C/C=C\CCCCCCCCCCCCCCCCC(=O)OC(COC(=O)CCCCCCCCCCCCCCCC/C=C\C/C=C\C/C=C\C/C=C\C/C=C\C/C=C\CC)COP(=O)(O)OCC[N+](C)(C)C. The number of likely N-dealkylation sites (N-methyl/N-ethyl adjacent to an activating group) is 1. The number of phosphoric ester groups is 1. The molecule has 0 fully saturated rings. The van der Waals surface area contributed by atoms with Crippen LogP contribution < -0.4 is 0 Å². The number of carbonyl (C=O) groups is 2. The van der Waals surface area contributed by atoms with Crippen LogP contribution in [0.2, 0.25) is 0 Å². The van der Waals surface area contributed by atoms with Crippen LogP contribution in [0, 0.1) is 0 Å². The van der Waals surface area contributed by atoms with Crippen molar-refractivity contribution >= 4 is 19.8 Å². The Labute approximate surface area is 591 Å². The first kappa shape index (κ1) is 91.4. The summed E-state index contributed by atoms with van der Waals surface area (Å²) in [5.41, 5.74) is 0. The van der Waals surface area contributed by atoms with Crippen molar-refractivity contribution < 1.29 is 42.1 Å². The van der Waals surface area contributed by atoms with Gasteiger partial charge in [0.1, 0.15) is 19.8 Å². The van der Waals surface area contributed by atoms with Gasteiger partial charge in [0.05, 0.1) is 27.7 Å². The predicted octanol–water partition coefficient (Wildman–Crippen LogP) is 26.1. The smallest absolute Gasteiger partial charge is 0.462 e. The molecule has 0 aromatic rings. The molecule has 0 heterocycles. The molecule has 2 atom stereocenters. The summed E-state index contributed by atoms with van der Waals surface area (Å²) >= 11 is 0. The Bertz CT molecular complexity index is 2230. The van der Waals surface area contributed by atoms with Crippen molar-refractivity contribution in [1.29, 1.82) is 0 Å². The lowest BCUT2D eigenvalue weighted by Gasteiger charge is -2.24. The van der Waals surface area contributed by atoms with E-state index in [0.29, 0.717) is 17.4 Å². The largest absolute Gasteiger partial charge is 0.472 e. The summed E-state index contributed by atoms with van der Waals surface area (Å²) in [5.74, 6) is -0.799. The Morgan fingerprint density at radius 3 is 0.833 bits per heavy atom. The Balaban J connectivity index is 4.03. The van der Waals surface area contributed by atoms with Crippen molar-refractivity contribution in [3.63, 3.8) is 0 Å². The molecule has 0 bridgehead atoms. The Morgan fingerprint density at radius 2 is 0.562 bits per heavy atom. The van der Waals surface area contributed by atoms with E-state index in [4.69, 9.17) is 18.5 Å². The first-order valence-electron chi connectivity index (χ1n) is 38.9. The third-order valence-corrected chi connectivity index (χ3v) is 17.2. The highest BCUT2D eigenvalue weighted by molar-refractivity contribution is 7.47. The second kappa shape index (κ2) is 74.6. The first-order chi connectivity index (χ1) is 47.0. The van der Waals surface area contributed by atoms with Gasteiger partial charge in [-0.3, -0.25) is 18.6 Å². The van der Waals surface area contributed by atoms with Crippen molar-refractivity contribution in [1.82, 2.24) is 0 Å². The van der Waals surface area contributed by atoms with Crippen LogP contribution in [0.5, 0.6) is 0 Å². The van der Waals surface area contributed by atoms with Gasteiger partial charge in [-0.25, -0.2) is 4.57 Å². The van der Waals surface area contributed by atoms with E-state index in [0.717, 1.165) is 128 Å². The molecule has 0 aromatic carbocycles. The van der Waals surface area contributed by atoms with Gasteiger partial charge >= 0.3 is 19.8 Å². The molecular weight excluding hydrogens is 1210 g/mol. The molecule has 10 heteroatoms. The van der Waals surface area contributed by atoms with Crippen LogP contribution >= 0.6 is 7.82 Å². The van der Waals surface area contributed by atoms with Crippen LogP contribution in [0.25, 0.3) is 0 Å². The van der Waals surface area contributed by atoms with Gasteiger partial charge in [-0.2, -0.15) is 0 Å². The first-order valence-corrected chi connectivity index (χ1v) is 40.4. The molecule has 0 radical (unpaired) electrons. The van der Waals surface area contributed by atoms with Crippen molar-refractivity contribution in [3.8, 4) is 0 Å². The monoisotopic (exact) mass is 1350 g/mol. The Kier molecular flexibility index (Phi) is 71.0. The predicted molar refractivity (Wildman–Crippen MR) is 417 cm³/mol. The second-order valence-electron chi connectivity index (χ2n) is 26.6. The molecule has 9 nitrogen and oxygen atoms in total. The molecule has 0 rings (SSSR count). The van der Waals surface area contributed by atoms with Crippen molar-refractivity contribution in [2.75, 3.05) is 47.5 Å². The molecule has 1 N–H and O–H groups in total. The van der Waals surface area contributed by atoms with Gasteiger partial charge in [0.15, 0.2) is 6.10 Å². The number of phosphoric acid groups is 1. The summed E-state index contributed by atoms with van der Waals surface area (Å²) < 4.78 is 34.8. The standard InChI is InChI=1S/C86H144NO8P/c1-6-8-10-12-14-16-18-20-22-24-26-28-30-32-34-36-38-40-41-42-43-44-45-47-49-51-53-55-57-59-61-63-65-67-69-71-73-75-77-79-86(89)95-84(83-94-96(90,91)93-81-80-87(3,4)5)82-92-85(88)78-76-74-72-70-68-66-64-62-60-58-56-54-52-50-48-46-39-37-35-33-31-29-27-25-23-21-19-17-15-13-11-9-7-2/h8-11,14-17,20-23,26-29,32-35,38-40,42-43,45-47,84H,6-7,12-13,18-19,24-25,30-31,36-37,41,44,48-83H2,1-5H3/p+1/b10-8-,11-9-,16-14-,17-15-,22-20-,23-21-,28-26-,29-27-,34-32-,35-33-,40-38-,43-42-,46-39-,47-45-. The lowest BCUT2D eigenvalue weighted by Crippen LogP contribution is -2.37. The summed E-state index contributed by atoms with van der Waals surface area (Å²) in [4.78, 5) is 36.0. The summed E-state index contributed by atoms with van der Waals surface area (Å²) in [7, 11) is 1.47. The minimum absolute atomic E-state index is 0.0254. The number of ether oxygens (including phenoxy) is 2. The second-order valence-corrected chi connectivity index (χ2v) is 28.1. The number of hydrogen-bond acceptors (Lipinski definition) is 7. The molecule has 0 aliphatic carbocycles. The minimum Gasteiger partial charge on any atom is -0.462 e. The Morgan fingerprint density at radius 1 is 0.323 bits per heavy atom.